The van der Waals surface area contributed by atoms with Crippen molar-refractivity contribution < 1.29 is 14.3 Å². The van der Waals surface area contributed by atoms with Crippen molar-refractivity contribution in [1.29, 1.82) is 0 Å². The number of hydrogen-bond donors (Lipinski definition) is 4. The normalized spacial score (nSPS) is 10.9. The Hall–Kier alpha value is -1.88. The van der Waals surface area contributed by atoms with E-state index < -0.39 is 5.91 Å². The van der Waals surface area contributed by atoms with Crippen molar-refractivity contribution in [3.63, 3.8) is 0 Å². The van der Waals surface area contributed by atoms with Gasteiger partial charge in [-0.2, -0.15) is 0 Å². The van der Waals surface area contributed by atoms with Gasteiger partial charge in [0.1, 0.15) is 0 Å². The Balaban J connectivity index is 0.00000729. The molecule has 1 aromatic carbocycles. The van der Waals surface area contributed by atoms with Crippen LogP contribution < -0.4 is 21.7 Å². The largest absolute Gasteiger partial charge is 0.381 e. The lowest BCUT2D eigenvalue weighted by Gasteiger charge is -2.12. The van der Waals surface area contributed by atoms with Gasteiger partial charge in [-0.15, -0.1) is 24.0 Å². The predicted molar refractivity (Wildman–Crippen MR) is 122 cm³/mol. The molecular formula is C19H32IN5O3. The van der Waals surface area contributed by atoms with Crippen LogP contribution in [-0.4, -0.2) is 51.1 Å². The van der Waals surface area contributed by atoms with Crippen LogP contribution in [0.4, 0.5) is 0 Å². The van der Waals surface area contributed by atoms with E-state index in [0.717, 1.165) is 31.7 Å². The molecule has 1 aromatic rings. The third kappa shape index (κ3) is 11.8. The van der Waals surface area contributed by atoms with Gasteiger partial charge in [-0.05, 0) is 30.0 Å². The maximum atomic E-state index is 11.8. The first-order valence-corrected chi connectivity index (χ1v) is 9.10. The number of nitrogens with zero attached hydrogens (tertiary/aromatic N) is 1. The zero-order valence-corrected chi connectivity index (χ0v) is 19.1. The topological polar surface area (TPSA) is 118 Å². The molecule has 0 saturated carbocycles. The van der Waals surface area contributed by atoms with E-state index in [9.17, 15) is 9.59 Å². The molecule has 0 unspecified atom stereocenters. The molecular weight excluding hydrogens is 473 g/mol. The minimum atomic E-state index is -0.575. The Morgan fingerprint density at radius 3 is 2.39 bits per heavy atom. The number of halogens is 1. The summed E-state index contributed by atoms with van der Waals surface area (Å²) < 4.78 is 5.54. The second-order valence-corrected chi connectivity index (χ2v) is 6.52. The van der Waals surface area contributed by atoms with Gasteiger partial charge in [-0.3, -0.25) is 14.6 Å². The summed E-state index contributed by atoms with van der Waals surface area (Å²) in [5.41, 5.74) is 6.49. The second kappa shape index (κ2) is 15.1. The van der Waals surface area contributed by atoms with Gasteiger partial charge >= 0.3 is 0 Å². The Kier molecular flexibility index (Phi) is 14.1. The van der Waals surface area contributed by atoms with Gasteiger partial charge in [-0.1, -0.05) is 26.0 Å². The lowest BCUT2D eigenvalue weighted by atomic mass is 10.1. The van der Waals surface area contributed by atoms with Crippen LogP contribution in [0.5, 0.6) is 0 Å². The molecule has 0 saturated heterocycles. The van der Waals surface area contributed by atoms with Gasteiger partial charge in [-0.25, -0.2) is 0 Å². The SMILES string of the molecule is CN=C(NCCCOCC(C)C)NCc1ccc(C(=O)NCC(N)=O)cc1.I. The number of aliphatic imine (C=N–C) groups is 1. The van der Waals surface area contributed by atoms with Crippen molar-refractivity contribution >= 4 is 41.8 Å². The van der Waals surface area contributed by atoms with Gasteiger partial charge in [0.2, 0.25) is 5.91 Å². The maximum Gasteiger partial charge on any atom is 0.251 e. The highest BCUT2D eigenvalue weighted by molar-refractivity contribution is 14.0. The minimum Gasteiger partial charge on any atom is -0.381 e. The number of nitrogens with two attached hydrogens (primary N) is 1. The smallest absolute Gasteiger partial charge is 0.251 e. The molecule has 0 bridgehead atoms. The van der Waals surface area contributed by atoms with E-state index in [1.165, 1.54) is 0 Å². The Labute approximate surface area is 184 Å². The lowest BCUT2D eigenvalue weighted by molar-refractivity contribution is -0.117. The zero-order valence-electron chi connectivity index (χ0n) is 16.8. The molecule has 9 heteroatoms. The van der Waals surface area contributed by atoms with E-state index in [0.29, 0.717) is 24.0 Å². The fourth-order valence-corrected chi connectivity index (χ4v) is 2.15. The fraction of sp³-hybridized carbons (Fsp3) is 0.526. The third-order valence-corrected chi connectivity index (χ3v) is 3.53. The molecule has 0 radical (unpaired) electrons. The summed E-state index contributed by atoms with van der Waals surface area (Å²) in [5.74, 6) is 0.357. The molecule has 0 aromatic heterocycles. The van der Waals surface area contributed by atoms with Crippen molar-refractivity contribution in [1.82, 2.24) is 16.0 Å². The summed E-state index contributed by atoms with van der Waals surface area (Å²) in [6, 6.07) is 7.10. The fourth-order valence-electron chi connectivity index (χ4n) is 2.15. The number of benzene rings is 1. The highest BCUT2D eigenvalue weighted by atomic mass is 127. The number of ether oxygens (including phenoxy) is 1. The van der Waals surface area contributed by atoms with Gasteiger partial charge < -0.3 is 26.4 Å². The number of hydrogen-bond acceptors (Lipinski definition) is 4. The monoisotopic (exact) mass is 505 g/mol. The molecule has 1 rings (SSSR count). The van der Waals surface area contributed by atoms with Crippen molar-refractivity contribution in [2.24, 2.45) is 16.6 Å². The lowest BCUT2D eigenvalue weighted by Crippen LogP contribution is -2.37. The summed E-state index contributed by atoms with van der Waals surface area (Å²) in [4.78, 5) is 26.7. The van der Waals surface area contributed by atoms with Crippen molar-refractivity contribution in [2.75, 3.05) is 33.4 Å². The predicted octanol–water partition coefficient (Wildman–Crippen LogP) is 1.25. The van der Waals surface area contributed by atoms with Crippen LogP contribution in [0, 0.1) is 5.92 Å². The van der Waals surface area contributed by atoms with Gasteiger partial charge in [0, 0.05) is 38.9 Å². The molecule has 28 heavy (non-hydrogen) atoms. The van der Waals surface area contributed by atoms with E-state index in [2.05, 4.69) is 34.8 Å². The van der Waals surface area contributed by atoms with Crippen LogP contribution in [0.3, 0.4) is 0 Å². The van der Waals surface area contributed by atoms with E-state index in [-0.39, 0.29) is 36.4 Å². The first kappa shape index (κ1) is 26.1. The van der Waals surface area contributed by atoms with Crippen LogP contribution in [0.25, 0.3) is 0 Å². The molecule has 0 fully saturated rings. The first-order valence-electron chi connectivity index (χ1n) is 9.10. The molecule has 0 atom stereocenters. The van der Waals surface area contributed by atoms with E-state index in [1.807, 2.05) is 12.1 Å². The molecule has 0 aliphatic rings. The molecule has 8 nitrogen and oxygen atoms in total. The number of carbonyl (C=O) groups is 2. The number of rotatable bonds is 11. The first-order chi connectivity index (χ1) is 12.9. The molecule has 0 aliphatic heterocycles. The molecule has 158 valence electrons. The average Bonchev–Trinajstić information content (AvgIpc) is 2.65. The number of primary amides is 1. The number of carbonyl (C=O) groups excluding carboxylic acids is 2. The van der Waals surface area contributed by atoms with Crippen LogP contribution in [0.1, 0.15) is 36.2 Å². The minimum absolute atomic E-state index is 0. The maximum absolute atomic E-state index is 11.8. The van der Waals surface area contributed by atoms with Crippen LogP contribution >= 0.6 is 24.0 Å². The average molecular weight is 505 g/mol. The van der Waals surface area contributed by atoms with Crippen molar-refractivity contribution in [3.8, 4) is 0 Å². The van der Waals surface area contributed by atoms with Gasteiger partial charge in [0.15, 0.2) is 5.96 Å². The summed E-state index contributed by atoms with van der Waals surface area (Å²) in [6.07, 6.45) is 0.905. The number of guanidine groups is 1. The summed E-state index contributed by atoms with van der Waals surface area (Å²) in [5, 5.41) is 8.91. The van der Waals surface area contributed by atoms with E-state index in [4.69, 9.17) is 10.5 Å². The van der Waals surface area contributed by atoms with Crippen LogP contribution in [-0.2, 0) is 16.1 Å². The second-order valence-electron chi connectivity index (χ2n) is 6.52. The quantitative estimate of drug-likeness (QED) is 0.156. The number of nitrogens with one attached hydrogen (secondary N) is 3. The standard InChI is InChI=1S/C19H31N5O3.HI/c1-14(2)13-27-10-4-9-22-19(21-3)24-11-15-5-7-16(8-6-15)18(26)23-12-17(20)25;/h5-8,14H,4,9-13H2,1-3H3,(H2,20,25)(H,23,26)(H2,21,22,24);1H. The van der Waals surface area contributed by atoms with Gasteiger partial charge in [0.05, 0.1) is 6.54 Å². The molecule has 5 N–H and O–H groups in total. The summed E-state index contributed by atoms with van der Waals surface area (Å²) in [7, 11) is 1.72. The number of amides is 2. The summed E-state index contributed by atoms with van der Waals surface area (Å²) in [6.45, 7) is 6.94. The van der Waals surface area contributed by atoms with Crippen molar-refractivity contribution in [2.45, 2.75) is 26.8 Å². The van der Waals surface area contributed by atoms with Crippen molar-refractivity contribution in [3.05, 3.63) is 35.4 Å². The molecule has 0 spiro atoms. The third-order valence-electron chi connectivity index (χ3n) is 3.53. The Morgan fingerprint density at radius 1 is 1.14 bits per heavy atom. The van der Waals surface area contributed by atoms with Gasteiger partial charge in [0.25, 0.3) is 5.91 Å². The molecule has 0 aliphatic carbocycles. The van der Waals surface area contributed by atoms with Crippen LogP contribution in [0.15, 0.2) is 29.3 Å². The Bertz CT molecular complexity index is 621. The van der Waals surface area contributed by atoms with E-state index >= 15 is 0 Å². The van der Waals surface area contributed by atoms with E-state index in [1.54, 1.807) is 19.2 Å². The zero-order chi connectivity index (χ0) is 20.1. The Morgan fingerprint density at radius 2 is 1.82 bits per heavy atom. The highest BCUT2D eigenvalue weighted by Crippen LogP contribution is 2.04. The molecule has 2 amide bonds. The highest BCUT2D eigenvalue weighted by Gasteiger charge is 2.06. The summed E-state index contributed by atoms with van der Waals surface area (Å²) >= 11 is 0. The molecule has 0 heterocycles. The van der Waals surface area contributed by atoms with Crippen LogP contribution in [0.2, 0.25) is 0 Å².